The van der Waals surface area contributed by atoms with Crippen molar-refractivity contribution >= 4 is 46.5 Å². The molecule has 136 valence electrons. The van der Waals surface area contributed by atoms with Gasteiger partial charge in [-0.05, 0) is 13.8 Å². The van der Waals surface area contributed by atoms with Gasteiger partial charge in [0.15, 0.2) is 10.3 Å². The highest BCUT2D eigenvalue weighted by Crippen LogP contribution is 2.25. The summed E-state index contributed by atoms with van der Waals surface area (Å²) in [5, 5.41) is 5.66. The monoisotopic (exact) mass is 408 g/mol. The molecule has 3 rings (SSSR count). The average molecular weight is 409 g/mol. The first-order chi connectivity index (χ1) is 12.0. The van der Waals surface area contributed by atoms with Gasteiger partial charge in [0.25, 0.3) is 5.56 Å². The number of aryl methyl sites for hydroxylation is 2. The molecular formula is C17H17ClN4O2S2. The Bertz CT molecular complexity index is 954. The normalized spacial score (nSPS) is 10.2. The lowest BCUT2D eigenvalue weighted by Gasteiger charge is -2.02. The highest BCUT2D eigenvalue weighted by Gasteiger charge is 2.09. The van der Waals surface area contributed by atoms with E-state index in [0.29, 0.717) is 16.0 Å². The number of aromatic amines is 1. The molecule has 0 aliphatic rings. The minimum atomic E-state index is -0.224. The molecule has 0 fully saturated rings. The van der Waals surface area contributed by atoms with Crippen LogP contribution in [0.5, 0.6) is 0 Å². The number of carbonyl (C=O) groups is 1. The van der Waals surface area contributed by atoms with E-state index in [2.05, 4.69) is 20.3 Å². The van der Waals surface area contributed by atoms with Crippen molar-refractivity contribution in [1.82, 2.24) is 15.0 Å². The van der Waals surface area contributed by atoms with Gasteiger partial charge in [-0.15, -0.1) is 23.7 Å². The number of carbonyl (C=O) groups excluding carboxylic acids is 1. The van der Waals surface area contributed by atoms with E-state index in [1.807, 2.05) is 36.6 Å². The van der Waals surface area contributed by atoms with Crippen molar-refractivity contribution < 1.29 is 4.79 Å². The van der Waals surface area contributed by atoms with E-state index in [0.717, 1.165) is 11.3 Å². The van der Waals surface area contributed by atoms with Gasteiger partial charge in [0, 0.05) is 22.7 Å². The zero-order valence-corrected chi connectivity index (χ0v) is 16.6. The Kier molecular flexibility index (Phi) is 6.96. The molecule has 6 nitrogen and oxygen atoms in total. The Hall–Kier alpha value is -2.16. The molecule has 2 heterocycles. The quantitative estimate of drug-likeness (QED) is 0.496. The second-order valence-corrected chi connectivity index (χ2v) is 7.25. The van der Waals surface area contributed by atoms with E-state index >= 15 is 0 Å². The number of anilines is 1. The third-order valence-electron chi connectivity index (χ3n) is 3.29. The molecule has 0 aliphatic carbocycles. The number of thioether (sulfide) groups is 1. The van der Waals surface area contributed by atoms with Crippen LogP contribution < -0.4 is 10.9 Å². The largest absolute Gasteiger partial charge is 0.301 e. The molecule has 0 unspecified atom stereocenters. The van der Waals surface area contributed by atoms with Crippen molar-refractivity contribution in [1.29, 1.82) is 0 Å². The third-order valence-corrected chi connectivity index (χ3v) is 4.92. The minimum Gasteiger partial charge on any atom is -0.301 e. The minimum absolute atomic E-state index is 0. The number of hydrogen-bond donors (Lipinski definition) is 2. The molecule has 1 amide bonds. The van der Waals surface area contributed by atoms with Gasteiger partial charge in [-0.1, -0.05) is 41.6 Å². The summed E-state index contributed by atoms with van der Waals surface area (Å²) in [6.07, 6.45) is 0. The maximum absolute atomic E-state index is 12.1. The van der Waals surface area contributed by atoms with E-state index < -0.39 is 0 Å². The van der Waals surface area contributed by atoms with Gasteiger partial charge < -0.3 is 10.3 Å². The molecule has 0 radical (unpaired) electrons. The van der Waals surface area contributed by atoms with Crippen molar-refractivity contribution in [3.05, 3.63) is 57.3 Å². The highest BCUT2D eigenvalue weighted by atomic mass is 35.5. The number of H-pyrrole nitrogens is 1. The molecule has 9 heteroatoms. The summed E-state index contributed by atoms with van der Waals surface area (Å²) >= 11 is 2.56. The van der Waals surface area contributed by atoms with Crippen LogP contribution in [0, 0.1) is 13.8 Å². The van der Waals surface area contributed by atoms with Crippen molar-refractivity contribution in [2.75, 3.05) is 11.1 Å². The smallest absolute Gasteiger partial charge is 0.251 e. The van der Waals surface area contributed by atoms with Gasteiger partial charge in [0.1, 0.15) is 0 Å². The maximum atomic E-state index is 12.1. The topological polar surface area (TPSA) is 87.7 Å². The number of thiazole rings is 1. The van der Waals surface area contributed by atoms with Gasteiger partial charge >= 0.3 is 0 Å². The van der Waals surface area contributed by atoms with Gasteiger partial charge in [-0.3, -0.25) is 9.59 Å². The molecule has 1 aromatic carbocycles. The highest BCUT2D eigenvalue weighted by molar-refractivity contribution is 7.99. The Morgan fingerprint density at radius 3 is 2.65 bits per heavy atom. The van der Waals surface area contributed by atoms with Crippen LogP contribution in [0.25, 0.3) is 11.3 Å². The molecule has 0 bridgehead atoms. The number of rotatable bonds is 5. The van der Waals surface area contributed by atoms with Gasteiger partial charge in [0.05, 0.1) is 11.4 Å². The summed E-state index contributed by atoms with van der Waals surface area (Å²) in [6, 6.07) is 9.47. The van der Waals surface area contributed by atoms with Crippen LogP contribution in [0.3, 0.4) is 0 Å². The molecule has 0 spiro atoms. The molecule has 0 aliphatic heterocycles. The number of nitrogens with zero attached hydrogens (tertiary/aromatic N) is 2. The van der Waals surface area contributed by atoms with Crippen LogP contribution in [-0.2, 0) is 4.79 Å². The maximum Gasteiger partial charge on any atom is 0.251 e. The van der Waals surface area contributed by atoms with Crippen LogP contribution in [0.4, 0.5) is 5.13 Å². The molecule has 2 aromatic heterocycles. The number of aromatic nitrogens is 3. The van der Waals surface area contributed by atoms with Crippen LogP contribution in [0.1, 0.15) is 11.3 Å². The van der Waals surface area contributed by atoms with E-state index in [1.54, 1.807) is 6.92 Å². The van der Waals surface area contributed by atoms with E-state index in [1.165, 1.54) is 34.7 Å². The Balaban J connectivity index is 0.00000243. The standard InChI is InChI=1S/C17H16N4O2S2.ClH/c1-10-3-5-12(6-4-10)13-8-24-17(19-13)21-15(23)9-25-16-18-11(2)7-14(22)20-16;/h3-8H,9H2,1-2H3,(H,18,20,22)(H,19,21,23);1H. The average Bonchev–Trinajstić information content (AvgIpc) is 3.01. The Morgan fingerprint density at radius 2 is 1.96 bits per heavy atom. The lowest BCUT2D eigenvalue weighted by atomic mass is 10.1. The van der Waals surface area contributed by atoms with Crippen LogP contribution in [-0.4, -0.2) is 26.6 Å². The van der Waals surface area contributed by atoms with E-state index in [4.69, 9.17) is 0 Å². The lowest BCUT2D eigenvalue weighted by molar-refractivity contribution is -0.113. The van der Waals surface area contributed by atoms with Gasteiger partial charge in [0.2, 0.25) is 5.91 Å². The fourth-order valence-corrected chi connectivity index (χ4v) is 3.55. The van der Waals surface area contributed by atoms with Crippen molar-refractivity contribution in [2.24, 2.45) is 0 Å². The summed E-state index contributed by atoms with van der Waals surface area (Å²) in [5.74, 6) is -0.0507. The van der Waals surface area contributed by atoms with Crippen LogP contribution in [0.15, 0.2) is 45.7 Å². The molecular weight excluding hydrogens is 392 g/mol. The molecule has 0 saturated carbocycles. The zero-order chi connectivity index (χ0) is 17.8. The van der Waals surface area contributed by atoms with Crippen molar-refractivity contribution in [3.63, 3.8) is 0 Å². The van der Waals surface area contributed by atoms with E-state index in [-0.39, 0.29) is 29.6 Å². The zero-order valence-electron chi connectivity index (χ0n) is 14.1. The first-order valence-corrected chi connectivity index (χ1v) is 9.39. The predicted molar refractivity (Wildman–Crippen MR) is 108 cm³/mol. The molecule has 0 saturated heterocycles. The summed E-state index contributed by atoms with van der Waals surface area (Å²) < 4.78 is 0. The Labute approximate surface area is 164 Å². The number of benzene rings is 1. The SMILES string of the molecule is Cc1ccc(-c2csc(NC(=O)CSc3nc(C)cc(=O)[nH]3)n2)cc1.Cl. The van der Waals surface area contributed by atoms with Crippen LogP contribution >= 0.6 is 35.5 Å². The fraction of sp³-hybridized carbons (Fsp3) is 0.176. The van der Waals surface area contributed by atoms with Crippen molar-refractivity contribution in [2.45, 2.75) is 19.0 Å². The third kappa shape index (κ3) is 5.42. The lowest BCUT2D eigenvalue weighted by Crippen LogP contribution is -2.15. The van der Waals surface area contributed by atoms with E-state index in [9.17, 15) is 9.59 Å². The first-order valence-electron chi connectivity index (χ1n) is 7.53. The van der Waals surface area contributed by atoms with Crippen molar-refractivity contribution in [3.8, 4) is 11.3 Å². The molecule has 3 aromatic rings. The molecule has 0 atom stereocenters. The fourth-order valence-electron chi connectivity index (χ4n) is 2.10. The predicted octanol–water partition coefficient (Wildman–Crippen LogP) is 3.66. The number of nitrogens with one attached hydrogen (secondary N) is 2. The number of hydrogen-bond acceptors (Lipinski definition) is 6. The first kappa shape index (κ1) is 20.2. The summed E-state index contributed by atoms with van der Waals surface area (Å²) in [5.41, 5.74) is 3.43. The number of halogens is 1. The summed E-state index contributed by atoms with van der Waals surface area (Å²) in [4.78, 5) is 34.7. The Morgan fingerprint density at radius 1 is 1.23 bits per heavy atom. The summed E-state index contributed by atoms with van der Waals surface area (Å²) in [7, 11) is 0. The number of amides is 1. The van der Waals surface area contributed by atoms with Gasteiger partial charge in [-0.25, -0.2) is 9.97 Å². The molecule has 2 N–H and O–H groups in total. The second-order valence-electron chi connectivity index (χ2n) is 5.43. The van der Waals surface area contributed by atoms with Gasteiger partial charge in [-0.2, -0.15) is 0 Å². The van der Waals surface area contributed by atoms with Crippen LogP contribution in [0.2, 0.25) is 0 Å². The second kappa shape index (κ2) is 8.98. The summed E-state index contributed by atoms with van der Waals surface area (Å²) in [6.45, 7) is 3.77. The molecule has 26 heavy (non-hydrogen) atoms.